The average Bonchev–Trinajstić information content (AvgIpc) is 2.54. The van der Waals surface area contributed by atoms with Crippen LogP contribution in [0.3, 0.4) is 0 Å². The fraction of sp³-hybridized carbons (Fsp3) is 0.500. The Balaban J connectivity index is 2.50. The number of rotatable bonds is 2. The molecule has 1 unspecified atom stereocenters. The second kappa shape index (κ2) is 3.62. The first-order chi connectivity index (χ1) is 7.45. The molecule has 0 bridgehead atoms. The van der Waals surface area contributed by atoms with Gasteiger partial charge < -0.3 is 5.32 Å². The summed E-state index contributed by atoms with van der Waals surface area (Å²) in [5, 5.41) is 2.98. The predicted molar refractivity (Wildman–Crippen MR) is 66.6 cm³/mol. The molecule has 1 aliphatic heterocycles. The fourth-order valence-corrected chi connectivity index (χ4v) is 2.36. The van der Waals surface area contributed by atoms with Crippen molar-refractivity contribution in [2.45, 2.75) is 40.0 Å². The summed E-state index contributed by atoms with van der Waals surface area (Å²) in [4.78, 5) is 12.0. The van der Waals surface area contributed by atoms with Crippen LogP contribution < -0.4 is 5.32 Å². The molecule has 1 N–H and O–H groups in total. The van der Waals surface area contributed by atoms with E-state index in [2.05, 4.69) is 39.1 Å². The fourth-order valence-electron chi connectivity index (χ4n) is 2.36. The topological polar surface area (TPSA) is 29.1 Å². The summed E-state index contributed by atoms with van der Waals surface area (Å²) in [6.45, 7) is 8.53. The largest absolute Gasteiger partial charge is 0.325 e. The van der Waals surface area contributed by atoms with Crippen molar-refractivity contribution in [3.63, 3.8) is 0 Å². The van der Waals surface area contributed by atoms with E-state index in [4.69, 9.17) is 0 Å². The van der Waals surface area contributed by atoms with Crippen LogP contribution in [0.2, 0.25) is 0 Å². The summed E-state index contributed by atoms with van der Waals surface area (Å²) in [5.74, 6) is 0.139. The minimum Gasteiger partial charge on any atom is -0.325 e. The summed E-state index contributed by atoms with van der Waals surface area (Å²) in [5.41, 5.74) is 3.38. The number of carbonyl (C=O) groups is 1. The first-order valence-corrected chi connectivity index (χ1v) is 5.87. The van der Waals surface area contributed by atoms with Crippen LogP contribution in [0.4, 0.5) is 5.69 Å². The van der Waals surface area contributed by atoms with Crippen LogP contribution in [0, 0.1) is 12.3 Å². The molecular weight excluding hydrogens is 198 g/mol. The Morgan fingerprint density at radius 2 is 2.06 bits per heavy atom. The zero-order valence-electron chi connectivity index (χ0n) is 10.4. The molecule has 1 atom stereocenters. The Labute approximate surface area is 97.1 Å². The molecule has 86 valence electrons. The standard InChI is InChI=1S/C14H19NO/c1-5-14(3,4)12-10-8-9(2)6-7-11(10)15-13(12)16/h6-8,12H,5H2,1-4H3,(H,15,16). The number of nitrogens with one attached hydrogen (secondary N) is 1. The maximum atomic E-state index is 12.0. The van der Waals surface area contributed by atoms with E-state index in [1.807, 2.05) is 12.1 Å². The lowest BCUT2D eigenvalue weighted by molar-refractivity contribution is -0.119. The van der Waals surface area contributed by atoms with Crippen molar-refractivity contribution in [2.75, 3.05) is 5.32 Å². The zero-order valence-corrected chi connectivity index (χ0v) is 10.4. The van der Waals surface area contributed by atoms with Crippen LogP contribution in [-0.4, -0.2) is 5.91 Å². The Morgan fingerprint density at radius 1 is 1.38 bits per heavy atom. The molecule has 0 fully saturated rings. The highest BCUT2D eigenvalue weighted by Gasteiger charge is 2.40. The van der Waals surface area contributed by atoms with Crippen molar-refractivity contribution in [3.05, 3.63) is 29.3 Å². The van der Waals surface area contributed by atoms with Gasteiger partial charge in [0.25, 0.3) is 0 Å². The van der Waals surface area contributed by atoms with Crippen LogP contribution in [-0.2, 0) is 4.79 Å². The van der Waals surface area contributed by atoms with Crippen molar-refractivity contribution in [1.82, 2.24) is 0 Å². The van der Waals surface area contributed by atoms with Gasteiger partial charge in [0, 0.05) is 5.69 Å². The monoisotopic (exact) mass is 217 g/mol. The number of aryl methyl sites for hydroxylation is 1. The molecule has 1 aliphatic rings. The quantitative estimate of drug-likeness (QED) is 0.807. The number of fused-ring (bicyclic) bond motifs is 1. The molecule has 0 aromatic heterocycles. The number of carbonyl (C=O) groups excluding carboxylic acids is 1. The summed E-state index contributed by atoms with van der Waals surface area (Å²) in [7, 11) is 0. The lowest BCUT2D eigenvalue weighted by Crippen LogP contribution is -2.27. The molecule has 16 heavy (non-hydrogen) atoms. The van der Waals surface area contributed by atoms with Gasteiger partial charge in [0.15, 0.2) is 0 Å². The maximum Gasteiger partial charge on any atom is 0.232 e. The van der Waals surface area contributed by atoms with E-state index in [-0.39, 0.29) is 17.2 Å². The van der Waals surface area contributed by atoms with E-state index in [0.29, 0.717) is 0 Å². The van der Waals surface area contributed by atoms with Gasteiger partial charge in [-0.1, -0.05) is 38.5 Å². The van der Waals surface area contributed by atoms with Crippen LogP contribution in [0.1, 0.15) is 44.2 Å². The molecule has 2 nitrogen and oxygen atoms in total. The summed E-state index contributed by atoms with van der Waals surface area (Å²) in [6.07, 6.45) is 0.998. The van der Waals surface area contributed by atoms with Gasteiger partial charge in [-0.05, 0) is 30.4 Å². The summed E-state index contributed by atoms with van der Waals surface area (Å²) < 4.78 is 0. The van der Waals surface area contributed by atoms with E-state index < -0.39 is 0 Å². The number of benzene rings is 1. The average molecular weight is 217 g/mol. The van der Waals surface area contributed by atoms with Crippen LogP contribution in [0.15, 0.2) is 18.2 Å². The lowest BCUT2D eigenvalue weighted by Gasteiger charge is -2.29. The number of hydrogen-bond acceptors (Lipinski definition) is 1. The van der Waals surface area contributed by atoms with Gasteiger partial charge in [0.2, 0.25) is 5.91 Å². The highest BCUT2D eigenvalue weighted by Crippen LogP contribution is 2.45. The minimum absolute atomic E-state index is 0.00704. The van der Waals surface area contributed by atoms with E-state index >= 15 is 0 Å². The predicted octanol–water partition coefficient (Wildman–Crippen LogP) is 3.47. The van der Waals surface area contributed by atoms with Crippen LogP contribution in [0.25, 0.3) is 0 Å². The van der Waals surface area contributed by atoms with Crippen molar-refractivity contribution in [3.8, 4) is 0 Å². The van der Waals surface area contributed by atoms with Crippen LogP contribution >= 0.6 is 0 Å². The van der Waals surface area contributed by atoms with Gasteiger partial charge in [-0.15, -0.1) is 0 Å². The highest BCUT2D eigenvalue weighted by atomic mass is 16.2. The SMILES string of the molecule is CCC(C)(C)C1C(=O)Nc2ccc(C)cc21. The van der Waals surface area contributed by atoms with Gasteiger partial charge in [-0.3, -0.25) is 4.79 Å². The Kier molecular flexibility index (Phi) is 2.53. The van der Waals surface area contributed by atoms with Gasteiger partial charge >= 0.3 is 0 Å². The second-order valence-corrected chi connectivity index (χ2v) is 5.36. The second-order valence-electron chi connectivity index (χ2n) is 5.36. The van der Waals surface area contributed by atoms with Crippen molar-refractivity contribution >= 4 is 11.6 Å². The first-order valence-electron chi connectivity index (χ1n) is 5.87. The summed E-state index contributed by atoms with van der Waals surface area (Å²) >= 11 is 0. The van der Waals surface area contributed by atoms with E-state index in [0.717, 1.165) is 17.7 Å². The molecule has 0 saturated carbocycles. The summed E-state index contributed by atoms with van der Waals surface area (Å²) in [6, 6.07) is 6.18. The van der Waals surface area contributed by atoms with Crippen molar-refractivity contribution in [2.24, 2.45) is 5.41 Å². The normalized spacial score (nSPS) is 19.5. The number of anilines is 1. The number of amides is 1. The van der Waals surface area contributed by atoms with Gasteiger partial charge in [-0.2, -0.15) is 0 Å². The van der Waals surface area contributed by atoms with Gasteiger partial charge in [0.05, 0.1) is 5.92 Å². The third-order valence-corrected chi connectivity index (χ3v) is 3.73. The molecule has 2 heteroatoms. The molecule has 1 amide bonds. The van der Waals surface area contributed by atoms with Crippen molar-refractivity contribution < 1.29 is 4.79 Å². The smallest absolute Gasteiger partial charge is 0.232 e. The van der Waals surface area contributed by atoms with Crippen LogP contribution in [0.5, 0.6) is 0 Å². The highest BCUT2D eigenvalue weighted by molar-refractivity contribution is 6.03. The molecule has 0 aliphatic carbocycles. The van der Waals surface area contributed by atoms with E-state index in [1.165, 1.54) is 5.56 Å². The zero-order chi connectivity index (χ0) is 11.9. The molecule has 0 saturated heterocycles. The molecule has 0 radical (unpaired) electrons. The Hall–Kier alpha value is -1.31. The Bertz CT molecular complexity index is 434. The molecule has 1 heterocycles. The minimum atomic E-state index is -0.00704. The molecule has 1 aromatic carbocycles. The van der Waals surface area contributed by atoms with Crippen molar-refractivity contribution in [1.29, 1.82) is 0 Å². The van der Waals surface area contributed by atoms with E-state index in [1.54, 1.807) is 0 Å². The third-order valence-electron chi connectivity index (χ3n) is 3.73. The third kappa shape index (κ3) is 1.62. The first kappa shape index (κ1) is 11.2. The van der Waals surface area contributed by atoms with E-state index in [9.17, 15) is 4.79 Å². The molecular formula is C14H19NO. The lowest BCUT2D eigenvalue weighted by atomic mass is 9.73. The van der Waals surface area contributed by atoms with Gasteiger partial charge in [-0.25, -0.2) is 0 Å². The molecule has 2 rings (SSSR count). The Morgan fingerprint density at radius 3 is 2.69 bits per heavy atom. The van der Waals surface area contributed by atoms with Gasteiger partial charge in [0.1, 0.15) is 0 Å². The number of hydrogen-bond donors (Lipinski definition) is 1. The maximum absolute atomic E-state index is 12.0. The molecule has 1 aromatic rings. The molecule has 0 spiro atoms.